The fourth-order valence-corrected chi connectivity index (χ4v) is 4.21. The first kappa shape index (κ1) is 21.0. The smallest absolute Gasteiger partial charge is 0.295 e. The lowest BCUT2D eigenvalue weighted by Gasteiger charge is -2.42. The molecule has 2 aliphatic carbocycles. The van der Waals surface area contributed by atoms with Crippen LogP contribution < -0.4 is 16.0 Å². The molecule has 9 heteroatoms. The number of hydrogen-bond acceptors (Lipinski definition) is 5. The standard InChI is InChI=1S/C20H29N5O4/c1-13(26)21-16(14-7-4-3-5-8-14)18(28)23-20(10-6-11-20)17(27)19(29)22-15-9-12-25(2)24-15/h9,12,14,16H,3-8,10-11H2,1-2H3,(H,21,26)(H,23,28)(H,22,24,29)/t16-/m0/s1. The van der Waals surface area contributed by atoms with Gasteiger partial charge in [0.2, 0.25) is 17.6 Å². The fourth-order valence-electron chi connectivity index (χ4n) is 4.21. The third-order valence-electron chi connectivity index (χ3n) is 5.93. The van der Waals surface area contributed by atoms with Crippen LogP contribution in [0.2, 0.25) is 0 Å². The third kappa shape index (κ3) is 4.83. The van der Waals surface area contributed by atoms with E-state index in [2.05, 4.69) is 21.0 Å². The summed E-state index contributed by atoms with van der Waals surface area (Å²) in [6.45, 7) is 1.38. The maximum Gasteiger partial charge on any atom is 0.295 e. The first-order chi connectivity index (χ1) is 13.8. The molecule has 2 fully saturated rings. The molecular weight excluding hydrogens is 374 g/mol. The van der Waals surface area contributed by atoms with Crippen LogP contribution in [0.15, 0.2) is 12.3 Å². The molecule has 1 atom stereocenters. The van der Waals surface area contributed by atoms with Crippen LogP contribution in [-0.2, 0) is 26.2 Å². The van der Waals surface area contributed by atoms with E-state index in [0.29, 0.717) is 12.8 Å². The molecule has 29 heavy (non-hydrogen) atoms. The maximum atomic E-state index is 13.0. The highest BCUT2D eigenvalue weighted by Crippen LogP contribution is 2.34. The Kier molecular flexibility index (Phi) is 6.34. The number of hydrogen-bond donors (Lipinski definition) is 3. The number of aryl methyl sites for hydroxylation is 1. The van der Waals surface area contributed by atoms with Crippen molar-refractivity contribution >= 4 is 29.3 Å². The number of nitrogens with one attached hydrogen (secondary N) is 3. The van der Waals surface area contributed by atoms with E-state index < -0.39 is 23.3 Å². The number of nitrogens with zero attached hydrogens (tertiary/aromatic N) is 2. The number of Topliss-reactive ketones (excluding diaryl/α,β-unsaturated/α-hetero) is 1. The molecule has 9 nitrogen and oxygen atoms in total. The van der Waals surface area contributed by atoms with E-state index in [1.807, 2.05) is 0 Å². The predicted molar refractivity (Wildman–Crippen MR) is 106 cm³/mol. The molecule has 0 aliphatic heterocycles. The highest BCUT2D eigenvalue weighted by molar-refractivity contribution is 6.44. The van der Waals surface area contributed by atoms with Crippen molar-refractivity contribution in [2.24, 2.45) is 13.0 Å². The normalized spacial score (nSPS) is 19.5. The van der Waals surface area contributed by atoms with Gasteiger partial charge < -0.3 is 16.0 Å². The van der Waals surface area contributed by atoms with E-state index in [4.69, 9.17) is 0 Å². The SMILES string of the molecule is CC(=O)N[C@H](C(=O)NC1(C(=O)C(=O)Nc2ccn(C)n2)CCC1)C1CCCCC1. The van der Waals surface area contributed by atoms with Gasteiger partial charge in [-0.1, -0.05) is 19.3 Å². The molecule has 0 radical (unpaired) electrons. The van der Waals surface area contributed by atoms with Gasteiger partial charge in [0.15, 0.2) is 5.82 Å². The third-order valence-corrected chi connectivity index (χ3v) is 5.93. The lowest BCUT2D eigenvalue weighted by Crippen LogP contribution is -2.65. The van der Waals surface area contributed by atoms with E-state index in [9.17, 15) is 19.2 Å². The second-order valence-corrected chi connectivity index (χ2v) is 8.16. The first-order valence-electron chi connectivity index (χ1n) is 10.3. The summed E-state index contributed by atoms with van der Waals surface area (Å²) in [7, 11) is 1.71. The molecule has 1 heterocycles. The molecule has 0 unspecified atom stereocenters. The van der Waals surface area contributed by atoms with Crippen molar-refractivity contribution in [2.45, 2.75) is 69.9 Å². The Bertz CT molecular complexity index is 793. The van der Waals surface area contributed by atoms with E-state index in [1.54, 1.807) is 19.3 Å². The Hall–Kier alpha value is -2.71. The zero-order valence-electron chi connectivity index (χ0n) is 17.0. The van der Waals surface area contributed by atoms with Gasteiger partial charge in [0, 0.05) is 26.2 Å². The monoisotopic (exact) mass is 403 g/mol. The molecule has 2 aliphatic rings. The van der Waals surface area contributed by atoms with Crippen LogP contribution in [-0.4, -0.2) is 44.9 Å². The molecule has 2 saturated carbocycles. The number of carbonyl (C=O) groups is 4. The van der Waals surface area contributed by atoms with Gasteiger partial charge in [-0.25, -0.2) is 0 Å². The summed E-state index contributed by atoms with van der Waals surface area (Å²) in [5.41, 5.74) is -1.21. The van der Waals surface area contributed by atoms with Gasteiger partial charge in [0.05, 0.1) is 0 Å². The molecule has 3 rings (SSSR count). The summed E-state index contributed by atoms with van der Waals surface area (Å²) in [5.74, 6) is -1.80. The number of amides is 3. The Morgan fingerprint density at radius 3 is 2.34 bits per heavy atom. The summed E-state index contributed by atoms with van der Waals surface area (Å²) in [5, 5.41) is 12.1. The summed E-state index contributed by atoms with van der Waals surface area (Å²) in [6, 6.07) is 0.907. The van der Waals surface area contributed by atoms with Crippen LogP contribution >= 0.6 is 0 Å². The lowest BCUT2D eigenvalue weighted by molar-refractivity contribution is -0.144. The number of carbonyl (C=O) groups excluding carboxylic acids is 4. The molecule has 0 aromatic carbocycles. The van der Waals surface area contributed by atoms with Gasteiger partial charge in [-0.3, -0.25) is 23.9 Å². The zero-order valence-corrected chi connectivity index (χ0v) is 17.0. The minimum atomic E-state index is -1.21. The molecule has 0 saturated heterocycles. The van der Waals surface area contributed by atoms with Crippen molar-refractivity contribution < 1.29 is 19.2 Å². The number of rotatable bonds is 7. The van der Waals surface area contributed by atoms with Crippen molar-refractivity contribution in [2.75, 3.05) is 5.32 Å². The van der Waals surface area contributed by atoms with Gasteiger partial charge in [-0.2, -0.15) is 5.10 Å². The van der Waals surface area contributed by atoms with Crippen molar-refractivity contribution in [3.05, 3.63) is 12.3 Å². The van der Waals surface area contributed by atoms with Crippen LogP contribution in [0.1, 0.15) is 58.3 Å². The number of aromatic nitrogens is 2. The quantitative estimate of drug-likeness (QED) is 0.588. The molecule has 1 aromatic heterocycles. The van der Waals surface area contributed by atoms with Gasteiger partial charge in [0.25, 0.3) is 5.91 Å². The summed E-state index contributed by atoms with van der Waals surface area (Å²) in [4.78, 5) is 50.0. The molecule has 1 aromatic rings. The van der Waals surface area contributed by atoms with E-state index >= 15 is 0 Å². The topological polar surface area (TPSA) is 122 Å². The van der Waals surface area contributed by atoms with Gasteiger partial charge >= 0.3 is 0 Å². The highest BCUT2D eigenvalue weighted by Gasteiger charge is 2.49. The molecule has 0 spiro atoms. The van der Waals surface area contributed by atoms with Crippen LogP contribution in [0.4, 0.5) is 5.82 Å². The van der Waals surface area contributed by atoms with Crippen molar-refractivity contribution in [1.29, 1.82) is 0 Å². The van der Waals surface area contributed by atoms with Crippen LogP contribution in [0.5, 0.6) is 0 Å². The molecule has 3 N–H and O–H groups in total. The van der Waals surface area contributed by atoms with E-state index in [-0.39, 0.29) is 23.6 Å². The summed E-state index contributed by atoms with van der Waals surface area (Å²) >= 11 is 0. The zero-order chi connectivity index (χ0) is 21.0. The summed E-state index contributed by atoms with van der Waals surface area (Å²) < 4.78 is 1.52. The van der Waals surface area contributed by atoms with Crippen LogP contribution in [0.3, 0.4) is 0 Å². The first-order valence-corrected chi connectivity index (χ1v) is 10.3. The number of ketones is 1. The number of anilines is 1. The highest BCUT2D eigenvalue weighted by atomic mass is 16.2. The molecule has 3 amide bonds. The lowest BCUT2D eigenvalue weighted by atomic mass is 9.72. The Balaban J connectivity index is 1.70. The Morgan fingerprint density at radius 1 is 1.14 bits per heavy atom. The van der Waals surface area contributed by atoms with Gasteiger partial charge in [-0.05, 0) is 38.0 Å². The van der Waals surface area contributed by atoms with Crippen LogP contribution in [0, 0.1) is 5.92 Å². The van der Waals surface area contributed by atoms with E-state index in [1.165, 1.54) is 11.6 Å². The average Bonchev–Trinajstić information content (AvgIpc) is 3.07. The van der Waals surface area contributed by atoms with Gasteiger partial charge in [0.1, 0.15) is 11.6 Å². The Morgan fingerprint density at radius 2 is 1.83 bits per heavy atom. The van der Waals surface area contributed by atoms with Crippen molar-refractivity contribution in [1.82, 2.24) is 20.4 Å². The second kappa shape index (κ2) is 8.75. The second-order valence-electron chi connectivity index (χ2n) is 8.16. The van der Waals surface area contributed by atoms with Gasteiger partial charge in [-0.15, -0.1) is 0 Å². The summed E-state index contributed by atoms with van der Waals surface area (Å²) in [6.07, 6.45) is 8.10. The van der Waals surface area contributed by atoms with Crippen molar-refractivity contribution in [3.8, 4) is 0 Å². The minimum absolute atomic E-state index is 0.0437. The molecule has 158 valence electrons. The van der Waals surface area contributed by atoms with Crippen LogP contribution in [0.25, 0.3) is 0 Å². The molecular formula is C20H29N5O4. The van der Waals surface area contributed by atoms with E-state index in [0.717, 1.165) is 38.5 Å². The maximum absolute atomic E-state index is 13.0. The largest absolute Gasteiger partial charge is 0.344 e. The average molecular weight is 403 g/mol. The van der Waals surface area contributed by atoms with Crippen molar-refractivity contribution in [3.63, 3.8) is 0 Å². The molecule has 0 bridgehead atoms. The predicted octanol–water partition coefficient (Wildman–Crippen LogP) is 1.05. The Labute approximate surface area is 170 Å². The minimum Gasteiger partial charge on any atom is -0.344 e. The fraction of sp³-hybridized carbons (Fsp3) is 0.650.